The van der Waals surface area contributed by atoms with E-state index in [4.69, 9.17) is 4.98 Å². The average Bonchev–Trinajstić information content (AvgIpc) is 3.00. The molecule has 1 aromatic carbocycles. The predicted octanol–water partition coefficient (Wildman–Crippen LogP) is 2.93. The third kappa shape index (κ3) is 4.67. The molecule has 2 aromatic rings. The zero-order valence-corrected chi connectivity index (χ0v) is 18.4. The normalized spacial score (nSPS) is 20.2. The summed E-state index contributed by atoms with van der Waals surface area (Å²) >= 11 is 0. The lowest BCUT2D eigenvalue weighted by atomic mass is 9.91. The first-order valence-corrected chi connectivity index (χ1v) is 11.7. The Bertz CT molecular complexity index is 980. The van der Waals surface area contributed by atoms with E-state index in [0.29, 0.717) is 13.1 Å². The number of carbonyl (C=O) groups is 1. The summed E-state index contributed by atoms with van der Waals surface area (Å²) in [6.07, 6.45) is 10.8. The molecule has 32 heavy (non-hydrogen) atoms. The van der Waals surface area contributed by atoms with Crippen molar-refractivity contribution < 1.29 is 9.18 Å². The minimum Gasteiger partial charge on any atom is -0.338 e. The number of hydrogen-bond donors (Lipinski definition) is 0. The van der Waals surface area contributed by atoms with Gasteiger partial charge in [-0.15, -0.1) is 0 Å². The minimum absolute atomic E-state index is 0.0255. The van der Waals surface area contributed by atoms with Gasteiger partial charge in [-0.05, 0) is 48.6 Å². The summed E-state index contributed by atoms with van der Waals surface area (Å²) < 4.78 is 13.0. The molecule has 0 N–H and O–H groups in total. The quantitative estimate of drug-likeness (QED) is 0.692. The lowest BCUT2D eigenvalue weighted by molar-refractivity contribution is -0.125. The molecule has 1 aliphatic carbocycles. The third-order valence-electron chi connectivity index (χ3n) is 7.00. The number of halogens is 1. The summed E-state index contributed by atoms with van der Waals surface area (Å²) in [5.41, 5.74) is 3.01. The maximum atomic E-state index is 13.0. The van der Waals surface area contributed by atoms with Crippen LogP contribution in [-0.4, -0.2) is 71.0 Å². The number of amides is 1. The van der Waals surface area contributed by atoms with Crippen molar-refractivity contribution in [3.05, 3.63) is 59.2 Å². The van der Waals surface area contributed by atoms with Crippen LogP contribution in [-0.2, 0) is 17.6 Å². The van der Waals surface area contributed by atoms with Crippen LogP contribution in [0, 0.1) is 5.82 Å². The van der Waals surface area contributed by atoms with Crippen molar-refractivity contribution in [2.45, 2.75) is 38.1 Å². The van der Waals surface area contributed by atoms with E-state index in [1.165, 1.54) is 31.4 Å². The molecule has 0 radical (unpaired) electrons. The van der Waals surface area contributed by atoms with Gasteiger partial charge in [0, 0.05) is 64.0 Å². The van der Waals surface area contributed by atoms with Gasteiger partial charge in [0.15, 0.2) is 0 Å². The van der Waals surface area contributed by atoms with Crippen molar-refractivity contribution in [1.29, 1.82) is 0 Å². The molecule has 0 bridgehead atoms. The van der Waals surface area contributed by atoms with Crippen molar-refractivity contribution in [3.63, 3.8) is 0 Å². The fourth-order valence-electron chi connectivity index (χ4n) is 4.72. The zero-order valence-electron chi connectivity index (χ0n) is 18.4. The topological polar surface area (TPSA) is 52.6 Å². The standard InChI is InChI=1S/C25H30FN5O/c26-21-7-4-19(5-8-21)6-9-24(32)30-12-10-20-18-27-25(28-23(20)11-13-30)31-16-14-29(15-17-31)22-2-1-3-22/h4-9,18,22H,1-3,10-17H2. The molecule has 7 heteroatoms. The molecular weight excluding hydrogens is 405 g/mol. The van der Waals surface area contributed by atoms with E-state index >= 15 is 0 Å². The molecular formula is C25H30FN5O. The molecule has 1 saturated heterocycles. The maximum absolute atomic E-state index is 13.0. The Hall–Kier alpha value is -2.80. The summed E-state index contributed by atoms with van der Waals surface area (Å²) in [7, 11) is 0. The summed E-state index contributed by atoms with van der Waals surface area (Å²) in [6, 6.07) is 6.93. The van der Waals surface area contributed by atoms with Gasteiger partial charge in [0.2, 0.25) is 11.9 Å². The Morgan fingerprint density at radius 3 is 2.47 bits per heavy atom. The fourth-order valence-corrected chi connectivity index (χ4v) is 4.72. The molecule has 0 unspecified atom stereocenters. The number of piperazine rings is 1. The van der Waals surface area contributed by atoms with Crippen LogP contribution < -0.4 is 4.90 Å². The number of fused-ring (bicyclic) bond motifs is 1. The van der Waals surface area contributed by atoms with E-state index in [2.05, 4.69) is 14.8 Å². The molecule has 1 aromatic heterocycles. The van der Waals surface area contributed by atoms with Gasteiger partial charge in [-0.2, -0.15) is 0 Å². The van der Waals surface area contributed by atoms with Crippen LogP contribution in [0.3, 0.4) is 0 Å². The van der Waals surface area contributed by atoms with Crippen LogP contribution in [0.5, 0.6) is 0 Å². The highest BCUT2D eigenvalue weighted by Crippen LogP contribution is 2.26. The van der Waals surface area contributed by atoms with Gasteiger partial charge < -0.3 is 9.80 Å². The molecule has 2 aliphatic heterocycles. The Morgan fingerprint density at radius 2 is 1.75 bits per heavy atom. The summed E-state index contributed by atoms with van der Waals surface area (Å²) in [5.74, 6) is 0.523. The number of carbonyl (C=O) groups excluding carboxylic acids is 1. The first kappa shape index (κ1) is 21.1. The molecule has 1 amide bonds. The highest BCUT2D eigenvalue weighted by molar-refractivity contribution is 5.91. The molecule has 2 fully saturated rings. The zero-order chi connectivity index (χ0) is 21.9. The number of rotatable bonds is 4. The summed E-state index contributed by atoms with van der Waals surface area (Å²) in [6.45, 7) is 5.44. The molecule has 3 heterocycles. The van der Waals surface area contributed by atoms with Crippen LogP contribution in [0.1, 0.15) is 36.1 Å². The van der Waals surface area contributed by atoms with Crippen molar-refractivity contribution in [1.82, 2.24) is 19.8 Å². The number of nitrogens with zero attached hydrogens (tertiary/aromatic N) is 5. The van der Waals surface area contributed by atoms with Crippen molar-refractivity contribution in [3.8, 4) is 0 Å². The first-order chi connectivity index (χ1) is 15.7. The largest absolute Gasteiger partial charge is 0.338 e. The summed E-state index contributed by atoms with van der Waals surface area (Å²) in [4.78, 5) is 29.0. The van der Waals surface area contributed by atoms with Gasteiger partial charge in [0.1, 0.15) is 5.82 Å². The highest BCUT2D eigenvalue weighted by Gasteiger charge is 2.29. The number of hydrogen-bond acceptors (Lipinski definition) is 5. The number of benzene rings is 1. The van der Waals surface area contributed by atoms with Crippen molar-refractivity contribution in [2.75, 3.05) is 44.2 Å². The molecule has 3 aliphatic rings. The predicted molar refractivity (Wildman–Crippen MR) is 123 cm³/mol. The van der Waals surface area contributed by atoms with Crippen LogP contribution in [0.25, 0.3) is 6.08 Å². The van der Waals surface area contributed by atoms with Gasteiger partial charge >= 0.3 is 0 Å². The Kier molecular flexibility index (Phi) is 6.17. The lowest BCUT2D eigenvalue weighted by Gasteiger charge is -2.43. The van der Waals surface area contributed by atoms with Gasteiger partial charge in [-0.25, -0.2) is 14.4 Å². The van der Waals surface area contributed by atoms with Gasteiger partial charge in [-0.1, -0.05) is 18.6 Å². The first-order valence-electron chi connectivity index (χ1n) is 11.7. The van der Waals surface area contributed by atoms with E-state index < -0.39 is 0 Å². The second kappa shape index (κ2) is 9.36. The Balaban J connectivity index is 1.19. The molecule has 5 rings (SSSR count). The third-order valence-corrected chi connectivity index (χ3v) is 7.00. The minimum atomic E-state index is -0.278. The average molecular weight is 436 g/mol. The van der Waals surface area contributed by atoms with E-state index in [1.807, 2.05) is 11.1 Å². The Morgan fingerprint density at radius 1 is 1.00 bits per heavy atom. The molecule has 6 nitrogen and oxygen atoms in total. The van der Waals surface area contributed by atoms with Crippen LogP contribution in [0.2, 0.25) is 0 Å². The van der Waals surface area contributed by atoms with Gasteiger partial charge in [0.05, 0.1) is 5.69 Å². The highest BCUT2D eigenvalue weighted by atomic mass is 19.1. The summed E-state index contributed by atoms with van der Waals surface area (Å²) in [5, 5.41) is 0. The SMILES string of the molecule is O=C(C=Cc1ccc(F)cc1)N1CCc2cnc(N3CCN(C4CCC4)CC3)nc2CC1. The van der Waals surface area contributed by atoms with E-state index in [-0.39, 0.29) is 11.7 Å². The van der Waals surface area contributed by atoms with Gasteiger partial charge in [-0.3, -0.25) is 9.69 Å². The number of aromatic nitrogens is 2. The second-order valence-electron chi connectivity index (χ2n) is 8.96. The molecule has 168 valence electrons. The second-order valence-corrected chi connectivity index (χ2v) is 8.96. The molecule has 0 spiro atoms. The van der Waals surface area contributed by atoms with Gasteiger partial charge in [0.25, 0.3) is 0 Å². The smallest absolute Gasteiger partial charge is 0.246 e. The monoisotopic (exact) mass is 435 g/mol. The number of anilines is 1. The van der Waals surface area contributed by atoms with Crippen LogP contribution in [0.4, 0.5) is 10.3 Å². The molecule has 0 atom stereocenters. The van der Waals surface area contributed by atoms with Crippen LogP contribution >= 0.6 is 0 Å². The maximum Gasteiger partial charge on any atom is 0.246 e. The van der Waals surface area contributed by atoms with E-state index in [0.717, 1.165) is 67.8 Å². The van der Waals surface area contributed by atoms with E-state index in [1.54, 1.807) is 24.3 Å². The lowest BCUT2D eigenvalue weighted by Crippen LogP contribution is -2.52. The van der Waals surface area contributed by atoms with Crippen molar-refractivity contribution >= 4 is 17.9 Å². The fraction of sp³-hybridized carbons (Fsp3) is 0.480. The Labute approximate surface area is 188 Å². The van der Waals surface area contributed by atoms with Crippen LogP contribution in [0.15, 0.2) is 36.5 Å². The van der Waals surface area contributed by atoms with Crippen molar-refractivity contribution in [2.24, 2.45) is 0 Å². The molecule has 1 saturated carbocycles. The van der Waals surface area contributed by atoms with E-state index in [9.17, 15) is 9.18 Å².